The zero-order valence-corrected chi connectivity index (χ0v) is 16.5. The third-order valence-electron chi connectivity index (χ3n) is 4.45. The van der Waals surface area contributed by atoms with Crippen molar-refractivity contribution in [2.45, 2.75) is 18.7 Å². The Hall–Kier alpha value is -3.26. The standard InChI is InChI=1S/C21H18F2N2O3S/c1-13-4-3-5-19(14(13)2)25-29(27,28)17-10-11-20(18(23)12-17)24-21(26)15-6-8-16(22)9-7-15/h3-12,25H,1-2H3,(H,24,26). The van der Waals surface area contributed by atoms with E-state index in [4.69, 9.17) is 0 Å². The summed E-state index contributed by atoms with van der Waals surface area (Å²) in [5.41, 5.74) is 2.03. The van der Waals surface area contributed by atoms with Gasteiger partial charge in [-0.15, -0.1) is 0 Å². The Bertz CT molecular complexity index is 1180. The Morgan fingerprint density at radius 2 is 1.59 bits per heavy atom. The van der Waals surface area contributed by atoms with Gasteiger partial charge in [-0.3, -0.25) is 9.52 Å². The molecule has 0 spiro atoms. The van der Waals surface area contributed by atoms with Crippen molar-refractivity contribution in [3.8, 4) is 0 Å². The van der Waals surface area contributed by atoms with E-state index < -0.39 is 27.6 Å². The van der Waals surface area contributed by atoms with E-state index in [1.54, 1.807) is 19.1 Å². The molecule has 150 valence electrons. The van der Waals surface area contributed by atoms with Crippen LogP contribution in [0.4, 0.5) is 20.2 Å². The summed E-state index contributed by atoms with van der Waals surface area (Å²) in [6.45, 7) is 3.63. The lowest BCUT2D eigenvalue weighted by atomic mass is 10.1. The zero-order chi connectivity index (χ0) is 21.2. The number of sulfonamides is 1. The van der Waals surface area contributed by atoms with Gasteiger partial charge in [0, 0.05) is 5.56 Å². The van der Waals surface area contributed by atoms with Gasteiger partial charge >= 0.3 is 0 Å². The first-order valence-electron chi connectivity index (χ1n) is 8.63. The quantitative estimate of drug-likeness (QED) is 0.637. The fraction of sp³-hybridized carbons (Fsp3) is 0.0952. The van der Waals surface area contributed by atoms with Gasteiger partial charge in [-0.1, -0.05) is 12.1 Å². The van der Waals surface area contributed by atoms with Crippen molar-refractivity contribution in [3.63, 3.8) is 0 Å². The number of hydrogen-bond acceptors (Lipinski definition) is 3. The number of amides is 1. The number of rotatable bonds is 5. The summed E-state index contributed by atoms with van der Waals surface area (Å²) < 4.78 is 55.0. The zero-order valence-electron chi connectivity index (χ0n) is 15.7. The van der Waals surface area contributed by atoms with Crippen molar-refractivity contribution in [1.29, 1.82) is 0 Å². The molecule has 29 heavy (non-hydrogen) atoms. The first-order valence-corrected chi connectivity index (χ1v) is 10.1. The Labute approximate surface area is 167 Å². The topological polar surface area (TPSA) is 75.3 Å². The smallest absolute Gasteiger partial charge is 0.262 e. The molecule has 0 radical (unpaired) electrons. The summed E-state index contributed by atoms with van der Waals surface area (Å²) >= 11 is 0. The van der Waals surface area contributed by atoms with Gasteiger partial charge in [0.15, 0.2) is 0 Å². The van der Waals surface area contributed by atoms with Crippen LogP contribution in [0.5, 0.6) is 0 Å². The van der Waals surface area contributed by atoms with Crippen LogP contribution in [0, 0.1) is 25.5 Å². The van der Waals surface area contributed by atoms with E-state index in [1.807, 2.05) is 13.0 Å². The largest absolute Gasteiger partial charge is 0.319 e. The summed E-state index contributed by atoms with van der Waals surface area (Å²) in [6, 6.07) is 13.1. The SMILES string of the molecule is Cc1cccc(NS(=O)(=O)c2ccc(NC(=O)c3ccc(F)cc3)c(F)c2)c1C. The minimum absolute atomic E-state index is 0.138. The molecule has 0 aliphatic heterocycles. The van der Waals surface area contributed by atoms with Crippen molar-refractivity contribution in [3.05, 3.63) is 89.0 Å². The molecule has 3 rings (SSSR count). The first-order chi connectivity index (χ1) is 13.7. The van der Waals surface area contributed by atoms with Crippen LogP contribution in [0.2, 0.25) is 0 Å². The number of hydrogen-bond donors (Lipinski definition) is 2. The molecular formula is C21H18F2N2O3S. The molecule has 0 saturated carbocycles. The maximum Gasteiger partial charge on any atom is 0.262 e. The molecule has 0 fully saturated rings. The molecule has 0 saturated heterocycles. The molecule has 8 heteroatoms. The van der Waals surface area contributed by atoms with Crippen LogP contribution in [0.15, 0.2) is 65.6 Å². The molecule has 1 amide bonds. The Kier molecular flexibility index (Phi) is 5.65. The summed E-state index contributed by atoms with van der Waals surface area (Å²) in [7, 11) is -4.02. The molecule has 0 atom stereocenters. The van der Waals surface area contributed by atoms with E-state index in [9.17, 15) is 22.0 Å². The van der Waals surface area contributed by atoms with Crippen molar-refractivity contribution in [1.82, 2.24) is 0 Å². The number of carbonyl (C=O) groups is 1. The highest BCUT2D eigenvalue weighted by Crippen LogP contribution is 2.24. The van der Waals surface area contributed by atoms with Crippen molar-refractivity contribution >= 4 is 27.3 Å². The molecule has 3 aromatic carbocycles. The molecule has 0 unspecified atom stereocenters. The molecular weight excluding hydrogens is 398 g/mol. The highest BCUT2D eigenvalue weighted by molar-refractivity contribution is 7.92. The summed E-state index contributed by atoms with van der Waals surface area (Å²) in [5, 5.41) is 2.34. The van der Waals surface area contributed by atoms with Crippen molar-refractivity contribution in [2.75, 3.05) is 10.0 Å². The van der Waals surface area contributed by atoms with Gasteiger partial charge in [0.1, 0.15) is 11.6 Å². The number of halogens is 2. The second-order valence-corrected chi connectivity index (χ2v) is 8.14. The summed E-state index contributed by atoms with van der Waals surface area (Å²) in [4.78, 5) is 11.9. The van der Waals surface area contributed by atoms with Crippen LogP contribution < -0.4 is 10.0 Å². The monoisotopic (exact) mass is 416 g/mol. The van der Waals surface area contributed by atoms with Crippen LogP contribution in [-0.4, -0.2) is 14.3 Å². The fourth-order valence-electron chi connectivity index (χ4n) is 2.63. The maximum absolute atomic E-state index is 14.4. The summed E-state index contributed by atoms with van der Waals surface area (Å²) in [6.07, 6.45) is 0. The number of nitrogens with one attached hydrogen (secondary N) is 2. The minimum atomic E-state index is -4.02. The van der Waals surface area contributed by atoms with Crippen LogP contribution in [0.25, 0.3) is 0 Å². The maximum atomic E-state index is 14.4. The van der Waals surface area contributed by atoms with Gasteiger partial charge in [-0.25, -0.2) is 17.2 Å². The second kappa shape index (κ2) is 8.00. The molecule has 3 aromatic rings. The van der Waals surface area contributed by atoms with Gasteiger partial charge in [0.2, 0.25) is 0 Å². The van der Waals surface area contributed by atoms with Gasteiger partial charge in [0.05, 0.1) is 16.3 Å². The normalized spacial score (nSPS) is 11.2. The van der Waals surface area contributed by atoms with Crippen LogP contribution in [0.3, 0.4) is 0 Å². The highest BCUT2D eigenvalue weighted by atomic mass is 32.2. The average molecular weight is 416 g/mol. The van der Waals surface area contributed by atoms with Crippen LogP contribution >= 0.6 is 0 Å². The number of aryl methyl sites for hydroxylation is 1. The molecule has 0 bridgehead atoms. The Morgan fingerprint density at radius 3 is 2.24 bits per heavy atom. The van der Waals surface area contributed by atoms with E-state index in [2.05, 4.69) is 10.0 Å². The van der Waals surface area contributed by atoms with E-state index in [-0.39, 0.29) is 16.1 Å². The fourth-order valence-corrected chi connectivity index (χ4v) is 3.76. The van der Waals surface area contributed by atoms with Gasteiger partial charge < -0.3 is 5.32 Å². The molecule has 0 heterocycles. The van der Waals surface area contributed by atoms with E-state index in [0.717, 1.165) is 35.4 Å². The molecule has 0 aliphatic rings. The van der Waals surface area contributed by atoms with E-state index in [1.165, 1.54) is 18.2 Å². The van der Waals surface area contributed by atoms with Crippen LogP contribution in [0.1, 0.15) is 21.5 Å². The van der Waals surface area contributed by atoms with Crippen molar-refractivity contribution in [2.24, 2.45) is 0 Å². The molecule has 0 aromatic heterocycles. The number of anilines is 2. The Balaban J connectivity index is 1.82. The second-order valence-electron chi connectivity index (χ2n) is 6.46. The lowest BCUT2D eigenvalue weighted by Gasteiger charge is -2.13. The van der Waals surface area contributed by atoms with Crippen LogP contribution in [-0.2, 0) is 10.0 Å². The van der Waals surface area contributed by atoms with E-state index >= 15 is 0 Å². The molecule has 2 N–H and O–H groups in total. The number of benzene rings is 3. The predicted molar refractivity (Wildman–Crippen MR) is 107 cm³/mol. The highest BCUT2D eigenvalue weighted by Gasteiger charge is 2.19. The lowest BCUT2D eigenvalue weighted by molar-refractivity contribution is 0.102. The third-order valence-corrected chi connectivity index (χ3v) is 5.82. The van der Waals surface area contributed by atoms with Gasteiger partial charge in [0.25, 0.3) is 15.9 Å². The Morgan fingerprint density at radius 1 is 0.897 bits per heavy atom. The third kappa shape index (κ3) is 4.60. The minimum Gasteiger partial charge on any atom is -0.319 e. The predicted octanol–water partition coefficient (Wildman–Crippen LogP) is 4.63. The first kappa shape index (κ1) is 20.5. The van der Waals surface area contributed by atoms with Gasteiger partial charge in [-0.2, -0.15) is 0 Å². The van der Waals surface area contributed by atoms with E-state index in [0.29, 0.717) is 5.69 Å². The molecule has 0 aliphatic carbocycles. The number of carbonyl (C=O) groups excluding carboxylic acids is 1. The lowest BCUT2D eigenvalue weighted by Crippen LogP contribution is -2.16. The van der Waals surface area contributed by atoms with Crippen molar-refractivity contribution < 1.29 is 22.0 Å². The molecule has 5 nitrogen and oxygen atoms in total. The summed E-state index contributed by atoms with van der Waals surface area (Å²) in [5.74, 6) is -2.06. The average Bonchev–Trinajstić information content (AvgIpc) is 2.67. The van der Waals surface area contributed by atoms with Gasteiger partial charge in [-0.05, 0) is 73.5 Å².